The van der Waals surface area contributed by atoms with Crippen LogP contribution in [-0.4, -0.2) is 0 Å². The standard InChI is InChI=1S/C18H16F4/c1-18(2)9-12-11(14(19)16(21)17(22)15(12)20)8-13(18)10-6-4-3-5-7-10/h3-7,13H,8-9H2,1-2H3/t13-/m1/s1. The van der Waals surface area contributed by atoms with Crippen LogP contribution >= 0.6 is 0 Å². The second kappa shape index (κ2) is 5.11. The molecule has 0 bridgehead atoms. The van der Waals surface area contributed by atoms with Crippen LogP contribution in [0.4, 0.5) is 17.6 Å². The molecule has 1 aliphatic rings. The van der Waals surface area contributed by atoms with Crippen molar-refractivity contribution in [3.63, 3.8) is 0 Å². The summed E-state index contributed by atoms with van der Waals surface area (Å²) in [5.41, 5.74) is 0.534. The largest absolute Gasteiger partial charge is 0.203 e. The fourth-order valence-electron chi connectivity index (χ4n) is 3.43. The van der Waals surface area contributed by atoms with E-state index in [1.165, 1.54) is 0 Å². The van der Waals surface area contributed by atoms with Gasteiger partial charge < -0.3 is 0 Å². The van der Waals surface area contributed by atoms with E-state index in [0.29, 0.717) is 0 Å². The molecule has 0 saturated carbocycles. The third kappa shape index (κ3) is 2.21. The van der Waals surface area contributed by atoms with E-state index in [1.807, 2.05) is 44.2 Å². The van der Waals surface area contributed by atoms with Gasteiger partial charge in [0, 0.05) is 0 Å². The Labute approximate surface area is 126 Å². The molecule has 0 radical (unpaired) electrons. The Balaban J connectivity index is 2.16. The smallest absolute Gasteiger partial charge is 0.197 e. The van der Waals surface area contributed by atoms with Gasteiger partial charge in [0.2, 0.25) is 0 Å². The molecule has 0 N–H and O–H groups in total. The lowest BCUT2D eigenvalue weighted by Gasteiger charge is -2.40. The molecule has 116 valence electrons. The van der Waals surface area contributed by atoms with Gasteiger partial charge >= 0.3 is 0 Å². The van der Waals surface area contributed by atoms with Crippen LogP contribution in [-0.2, 0) is 12.8 Å². The fraction of sp³-hybridized carbons (Fsp3) is 0.333. The second-order valence-corrected chi connectivity index (χ2v) is 6.55. The molecule has 2 aromatic carbocycles. The minimum atomic E-state index is -1.72. The Bertz CT molecular complexity index is 720. The first-order valence-electron chi connectivity index (χ1n) is 7.21. The van der Waals surface area contributed by atoms with Crippen LogP contribution in [0.3, 0.4) is 0 Å². The lowest BCUT2D eigenvalue weighted by Crippen LogP contribution is -2.33. The zero-order chi connectivity index (χ0) is 16.1. The van der Waals surface area contributed by atoms with Gasteiger partial charge in [0.25, 0.3) is 0 Å². The first kappa shape index (κ1) is 15.1. The highest BCUT2D eigenvalue weighted by atomic mass is 19.2. The van der Waals surface area contributed by atoms with E-state index in [0.717, 1.165) is 5.56 Å². The van der Waals surface area contributed by atoms with Crippen molar-refractivity contribution < 1.29 is 17.6 Å². The average Bonchev–Trinajstić information content (AvgIpc) is 2.50. The van der Waals surface area contributed by atoms with Crippen molar-refractivity contribution in [2.24, 2.45) is 5.41 Å². The summed E-state index contributed by atoms with van der Waals surface area (Å²) in [5.74, 6) is -6.04. The van der Waals surface area contributed by atoms with Crippen LogP contribution in [0, 0.1) is 28.7 Å². The van der Waals surface area contributed by atoms with Crippen molar-refractivity contribution in [2.45, 2.75) is 32.6 Å². The van der Waals surface area contributed by atoms with Crippen LogP contribution in [0.1, 0.15) is 36.5 Å². The van der Waals surface area contributed by atoms with Gasteiger partial charge in [-0.15, -0.1) is 0 Å². The van der Waals surface area contributed by atoms with E-state index < -0.39 is 23.3 Å². The van der Waals surface area contributed by atoms with Crippen LogP contribution < -0.4 is 0 Å². The topological polar surface area (TPSA) is 0 Å². The Morgan fingerprint density at radius 1 is 0.818 bits per heavy atom. The SMILES string of the molecule is CC1(C)Cc2c(F)c(F)c(F)c(F)c2C[C@@H]1c1ccccc1. The molecule has 0 fully saturated rings. The lowest BCUT2D eigenvalue weighted by atomic mass is 9.64. The van der Waals surface area contributed by atoms with E-state index in [9.17, 15) is 17.6 Å². The number of hydrogen-bond donors (Lipinski definition) is 0. The maximum atomic E-state index is 14.1. The summed E-state index contributed by atoms with van der Waals surface area (Å²) in [5, 5.41) is 0. The van der Waals surface area contributed by atoms with Crippen LogP contribution in [0.5, 0.6) is 0 Å². The molecule has 0 aromatic heterocycles. The van der Waals surface area contributed by atoms with Crippen molar-refractivity contribution in [3.8, 4) is 0 Å². The number of fused-ring (bicyclic) bond motifs is 1. The summed E-state index contributed by atoms with van der Waals surface area (Å²) in [4.78, 5) is 0. The van der Waals surface area contributed by atoms with Gasteiger partial charge in [-0.2, -0.15) is 0 Å². The molecular weight excluding hydrogens is 292 g/mol. The van der Waals surface area contributed by atoms with Crippen molar-refractivity contribution in [2.75, 3.05) is 0 Å². The van der Waals surface area contributed by atoms with Gasteiger partial charge in [0.05, 0.1) is 0 Å². The molecule has 0 aliphatic heterocycles. The van der Waals surface area contributed by atoms with Gasteiger partial charge in [-0.3, -0.25) is 0 Å². The van der Waals surface area contributed by atoms with Gasteiger partial charge in [-0.25, -0.2) is 17.6 Å². The Morgan fingerprint density at radius 3 is 1.95 bits per heavy atom. The summed E-state index contributed by atoms with van der Waals surface area (Å²) in [7, 11) is 0. The Morgan fingerprint density at radius 2 is 1.36 bits per heavy atom. The molecule has 22 heavy (non-hydrogen) atoms. The zero-order valence-corrected chi connectivity index (χ0v) is 12.4. The molecule has 0 amide bonds. The summed E-state index contributed by atoms with van der Waals surface area (Å²) in [6.45, 7) is 3.87. The first-order valence-corrected chi connectivity index (χ1v) is 7.21. The predicted molar refractivity (Wildman–Crippen MR) is 76.6 cm³/mol. The molecule has 0 spiro atoms. The van der Waals surface area contributed by atoms with Gasteiger partial charge in [0.15, 0.2) is 23.3 Å². The van der Waals surface area contributed by atoms with E-state index in [-0.39, 0.29) is 35.3 Å². The highest BCUT2D eigenvalue weighted by molar-refractivity contribution is 5.39. The average molecular weight is 308 g/mol. The molecule has 0 unspecified atom stereocenters. The molecule has 0 saturated heterocycles. The van der Waals surface area contributed by atoms with Crippen molar-refractivity contribution in [1.29, 1.82) is 0 Å². The lowest BCUT2D eigenvalue weighted by molar-refractivity contribution is 0.249. The molecule has 4 heteroatoms. The number of rotatable bonds is 1. The highest BCUT2D eigenvalue weighted by Crippen LogP contribution is 2.47. The fourth-order valence-corrected chi connectivity index (χ4v) is 3.43. The van der Waals surface area contributed by atoms with Crippen LogP contribution in [0.25, 0.3) is 0 Å². The Hall–Kier alpha value is -1.84. The van der Waals surface area contributed by atoms with E-state index in [1.54, 1.807) is 0 Å². The molecule has 1 atom stereocenters. The summed E-state index contributed by atoms with van der Waals surface area (Å²) < 4.78 is 55.1. The molecule has 0 heterocycles. The van der Waals surface area contributed by atoms with Gasteiger partial charge in [-0.1, -0.05) is 44.2 Å². The monoisotopic (exact) mass is 308 g/mol. The van der Waals surface area contributed by atoms with E-state index in [4.69, 9.17) is 0 Å². The summed E-state index contributed by atoms with van der Waals surface area (Å²) >= 11 is 0. The zero-order valence-electron chi connectivity index (χ0n) is 12.4. The third-order valence-electron chi connectivity index (χ3n) is 4.66. The molecule has 0 nitrogen and oxygen atoms in total. The van der Waals surface area contributed by atoms with Crippen LogP contribution in [0.15, 0.2) is 30.3 Å². The highest BCUT2D eigenvalue weighted by Gasteiger charge is 2.40. The number of benzene rings is 2. The molecule has 2 aromatic rings. The second-order valence-electron chi connectivity index (χ2n) is 6.55. The van der Waals surface area contributed by atoms with Crippen molar-refractivity contribution in [3.05, 3.63) is 70.3 Å². The van der Waals surface area contributed by atoms with Crippen molar-refractivity contribution >= 4 is 0 Å². The Kier molecular flexibility index (Phi) is 3.50. The normalized spacial score (nSPS) is 19.8. The summed E-state index contributed by atoms with van der Waals surface area (Å²) in [6, 6.07) is 9.48. The first-order chi connectivity index (χ1) is 10.3. The van der Waals surface area contributed by atoms with E-state index in [2.05, 4.69) is 0 Å². The predicted octanol–water partition coefficient (Wildman–Crippen LogP) is 5.15. The number of halogens is 4. The molecule has 1 aliphatic carbocycles. The quantitative estimate of drug-likeness (QED) is 0.388. The van der Waals surface area contributed by atoms with E-state index >= 15 is 0 Å². The van der Waals surface area contributed by atoms with Gasteiger partial charge in [0.1, 0.15) is 0 Å². The minimum absolute atomic E-state index is 0.0337. The third-order valence-corrected chi connectivity index (χ3v) is 4.66. The maximum absolute atomic E-state index is 14.1. The number of hydrogen-bond acceptors (Lipinski definition) is 0. The van der Waals surface area contributed by atoms with Crippen molar-refractivity contribution in [1.82, 2.24) is 0 Å². The molecular formula is C18H16F4. The van der Waals surface area contributed by atoms with Crippen LogP contribution in [0.2, 0.25) is 0 Å². The molecule has 3 rings (SSSR count). The maximum Gasteiger partial charge on any atom is 0.197 e. The summed E-state index contributed by atoms with van der Waals surface area (Å²) in [6.07, 6.45) is 0.328. The minimum Gasteiger partial charge on any atom is -0.203 e. The van der Waals surface area contributed by atoms with Gasteiger partial charge in [-0.05, 0) is 40.9 Å².